The molecule has 0 spiro atoms. The summed E-state index contributed by atoms with van der Waals surface area (Å²) in [5.41, 5.74) is 2.04. The highest BCUT2D eigenvalue weighted by molar-refractivity contribution is 5.40. The molecule has 0 unspecified atom stereocenters. The first kappa shape index (κ1) is 15.3. The Bertz CT molecular complexity index is 544. The number of pyridine rings is 1. The van der Waals surface area contributed by atoms with Crippen molar-refractivity contribution in [2.24, 2.45) is 0 Å². The Kier molecular flexibility index (Phi) is 6.03. The lowest BCUT2D eigenvalue weighted by molar-refractivity contribution is 0.295. The fourth-order valence-electron chi connectivity index (χ4n) is 1.98. The number of benzene rings is 1. The molecule has 0 fully saturated rings. The van der Waals surface area contributed by atoms with E-state index < -0.39 is 0 Å². The van der Waals surface area contributed by atoms with Crippen molar-refractivity contribution in [1.82, 2.24) is 10.3 Å². The van der Waals surface area contributed by atoms with E-state index in [0.717, 1.165) is 42.3 Å². The standard InChI is InChI=1S/C17H22N2O2/c1-3-9-18-12-14-7-8-16(20-2)11-17(14)21-13-15-6-4-5-10-19-15/h4-8,10-11,18H,3,9,12-13H2,1-2H3. The molecule has 1 heterocycles. The van der Waals surface area contributed by atoms with Crippen LogP contribution in [-0.4, -0.2) is 18.6 Å². The Morgan fingerprint density at radius 2 is 2.10 bits per heavy atom. The third kappa shape index (κ3) is 4.76. The van der Waals surface area contributed by atoms with E-state index in [1.807, 2.05) is 36.4 Å². The maximum absolute atomic E-state index is 5.91. The van der Waals surface area contributed by atoms with E-state index in [-0.39, 0.29) is 0 Å². The maximum Gasteiger partial charge on any atom is 0.130 e. The largest absolute Gasteiger partial charge is 0.497 e. The zero-order valence-electron chi connectivity index (χ0n) is 12.6. The molecule has 1 aromatic heterocycles. The lowest BCUT2D eigenvalue weighted by atomic mass is 10.2. The van der Waals surface area contributed by atoms with Gasteiger partial charge in [-0.1, -0.05) is 19.1 Å². The van der Waals surface area contributed by atoms with Gasteiger partial charge in [0.15, 0.2) is 0 Å². The molecule has 2 aromatic rings. The summed E-state index contributed by atoms with van der Waals surface area (Å²) in [6, 6.07) is 11.7. The molecule has 0 aliphatic carbocycles. The van der Waals surface area contributed by atoms with Crippen LogP contribution in [0.1, 0.15) is 24.6 Å². The number of nitrogens with one attached hydrogen (secondary N) is 1. The van der Waals surface area contributed by atoms with Gasteiger partial charge in [-0.2, -0.15) is 0 Å². The molecule has 4 heteroatoms. The minimum absolute atomic E-state index is 0.453. The van der Waals surface area contributed by atoms with Gasteiger partial charge in [-0.3, -0.25) is 4.98 Å². The molecule has 0 radical (unpaired) electrons. The second kappa shape index (κ2) is 8.27. The fourth-order valence-corrected chi connectivity index (χ4v) is 1.98. The summed E-state index contributed by atoms with van der Waals surface area (Å²) >= 11 is 0. The van der Waals surface area contributed by atoms with Gasteiger partial charge in [0.1, 0.15) is 18.1 Å². The number of ether oxygens (including phenoxy) is 2. The van der Waals surface area contributed by atoms with Crippen molar-refractivity contribution < 1.29 is 9.47 Å². The van der Waals surface area contributed by atoms with Gasteiger partial charge >= 0.3 is 0 Å². The molecule has 0 bridgehead atoms. The van der Waals surface area contributed by atoms with Crippen LogP contribution in [0.25, 0.3) is 0 Å². The van der Waals surface area contributed by atoms with Gasteiger partial charge in [-0.25, -0.2) is 0 Å². The molecular weight excluding hydrogens is 264 g/mol. The van der Waals surface area contributed by atoms with Crippen molar-refractivity contribution >= 4 is 0 Å². The van der Waals surface area contributed by atoms with Crippen molar-refractivity contribution in [1.29, 1.82) is 0 Å². The third-order valence-electron chi connectivity index (χ3n) is 3.12. The Morgan fingerprint density at radius 1 is 1.19 bits per heavy atom. The average Bonchev–Trinajstić information content (AvgIpc) is 2.55. The van der Waals surface area contributed by atoms with Crippen molar-refractivity contribution in [3.63, 3.8) is 0 Å². The lowest BCUT2D eigenvalue weighted by Gasteiger charge is -2.13. The van der Waals surface area contributed by atoms with Crippen molar-refractivity contribution in [2.45, 2.75) is 26.5 Å². The molecule has 112 valence electrons. The SMILES string of the molecule is CCCNCc1ccc(OC)cc1OCc1ccccn1. The van der Waals surface area contributed by atoms with E-state index in [4.69, 9.17) is 9.47 Å². The average molecular weight is 286 g/mol. The molecule has 0 saturated carbocycles. The topological polar surface area (TPSA) is 43.4 Å². The van der Waals surface area contributed by atoms with Crippen LogP contribution >= 0.6 is 0 Å². The quantitative estimate of drug-likeness (QED) is 0.757. The monoisotopic (exact) mass is 286 g/mol. The van der Waals surface area contributed by atoms with Gasteiger partial charge < -0.3 is 14.8 Å². The molecule has 2 rings (SSSR count). The van der Waals surface area contributed by atoms with E-state index in [9.17, 15) is 0 Å². The Balaban J connectivity index is 2.07. The first-order chi connectivity index (χ1) is 10.3. The highest BCUT2D eigenvalue weighted by atomic mass is 16.5. The Labute approximate surface area is 126 Å². The summed E-state index contributed by atoms with van der Waals surface area (Å²) in [5.74, 6) is 1.63. The van der Waals surface area contributed by atoms with Crippen molar-refractivity contribution in [2.75, 3.05) is 13.7 Å². The molecule has 0 aliphatic rings. The Hall–Kier alpha value is -2.07. The normalized spacial score (nSPS) is 10.4. The van der Waals surface area contributed by atoms with Crippen LogP contribution in [0.2, 0.25) is 0 Å². The predicted octanol–water partition coefficient (Wildman–Crippen LogP) is 3.17. The molecule has 0 saturated heterocycles. The van der Waals surface area contributed by atoms with Crippen molar-refractivity contribution in [3.05, 3.63) is 53.9 Å². The summed E-state index contributed by atoms with van der Waals surface area (Å²) in [4.78, 5) is 4.27. The number of hydrogen-bond acceptors (Lipinski definition) is 4. The van der Waals surface area contributed by atoms with Crippen LogP contribution in [-0.2, 0) is 13.2 Å². The third-order valence-corrected chi connectivity index (χ3v) is 3.12. The van der Waals surface area contributed by atoms with Gasteiger partial charge in [0.2, 0.25) is 0 Å². The van der Waals surface area contributed by atoms with E-state index in [1.54, 1.807) is 13.3 Å². The minimum Gasteiger partial charge on any atom is -0.497 e. The number of methoxy groups -OCH3 is 1. The summed E-state index contributed by atoms with van der Waals surface area (Å²) in [6.45, 7) is 4.38. The van der Waals surface area contributed by atoms with Crippen LogP contribution in [0.15, 0.2) is 42.6 Å². The van der Waals surface area contributed by atoms with E-state index in [0.29, 0.717) is 6.61 Å². The van der Waals surface area contributed by atoms with Crippen LogP contribution in [0.4, 0.5) is 0 Å². The minimum atomic E-state index is 0.453. The molecule has 1 N–H and O–H groups in total. The zero-order chi connectivity index (χ0) is 14.9. The summed E-state index contributed by atoms with van der Waals surface area (Å²) in [7, 11) is 1.66. The van der Waals surface area contributed by atoms with Crippen molar-refractivity contribution in [3.8, 4) is 11.5 Å². The number of hydrogen-bond donors (Lipinski definition) is 1. The van der Waals surface area contributed by atoms with E-state index in [1.165, 1.54) is 0 Å². The highest BCUT2D eigenvalue weighted by Crippen LogP contribution is 2.25. The molecule has 21 heavy (non-hydrogen) atoms. The van der Waals surface area contributed by atoms with Crippen LogP contribution in [0.3, 0.4) is 0 Å². The number of nitrogens with zero attached hydrogens (tertiary/aromatic N) is 1. The molecule has 1 aromatic carbocycles. The van der Waals surface area contributed by atoms with Gasteiger partial charge in [0.25, 0.3) is 0 Å². The van der Waals surface area contributed by atoms with Gasteiger partial charge in [-0.05, 0) is 31.2 Å². The maximum atomic E-state index is 5.91. The summed E-state index contributed by atoms with van der Waals surface area (Å²) in [6.07, 6.45) is 2.88. The van der Waals surface area contributed by atoms with Gasteiger partial charge in [0, 0.05) is 24.4 Å². The van der Waals surface area contributed by atoms with Crippen LogP contribution in [0, 0.1) is 0 Å². The number of aromatic nitrogens is 1. The van der Waals surface area contributed by atoms with E-state index >= 15 is 0 Å². The zero-order valence-corrected chi connectivity index (χ0v) is 12.6. The highest BCUT2D eigenvalue weighted by Gasteiger charge is 2.06. The molecular formula is C17H22N2O2. The van der Waals surface area contributed by atoms with Gasteiger partial charge in [0.05, 0.1) is 12.8 Å². The molecule has 0 atom stereocenters. The second-order valence-corrected chi connectivity index (χ2v) is 4.76. The molecule has 4 nitrogen and oxygen atoms in total. The second-order valence-electron chi connectivity index (χ2n) is 4.76. The molecule has 0 amide bonds. The smallest absolute Gasteiger partial charge is 0.130 e. The summed E-state index contributed by atoms with van der Waals surface area (Å²) in [5, 5.41) is 3.39. The Morgan fingerprint density at radius 3 is 2.81 bits per heavy atom. The van der Waals surface area contributed by atoms with Gasteiger partial charge in [-0.15, -0.1) is 0 Å². The predicted molar refractivity (Wildman–Crippen MR) is 83.6 cm³/mol. The molecule has 0 aliphatic heterocycles. The van der Waals surface area contributed by atoms with E-state index in [2.05, 4.69) is 17.2 Å². The first-order valence-corrected chi connectivity index (χ1v) is 7.24. The summed E-state index contributed by atoms with van der Waals surface area (Å²) < 4.78 is 11.2. The first-order valence-electron chi connectivity index (χ1n) is 7.24. The van der Waals surface area contributed by atoms with Crippen LogP contribution < -0.4 is 14.8 Å². The van der Waals surface area contributed by atoms with Crippen LogP contribution in [0.5, 0.6) is 11.5 Å². The lowest BCUT2D eigenvalue weighted by Crippen LogP contribution is -2.14. The number of rotatable bonds is 8. The fraction of sp³-hybridized carbons (Fsp3) is 0.353.